The van der Waals surface area contributed by atoms with Crippen LogP contribution in [0.5, 0.6) is 0 Å². The van der Waals surface area contributed by atoms with Crippen LogP contribution in [0.15, 0.2) is 0 Å². The minimum atomic E-state index is -0.336. The van der Waals surface area contributed by atoms with Crippen molar-refractivity contribution in [1.29, 1.82) is 0 Å². The summed E-state index contributed by atoms with van der Waals surface area (Å²) in [7, 11) is 1.39. The predicted molar refractivity (Wildman–Crippen MR) is 89.7 cm³/mol. The topological polar surface area (TPSA) is 55.4 Å². The number of methoxy groups -OCH3 is 1. The highest BCUT2D eigenvalue weighted by atomic mass is 32.1. The number of amides is 1. The summed E-state index contributed by atoms with van der Waals surface area (Å²) in [5.41, 5.74) is 1.66. The Hall–Kier alpha value is -1.36. The molecule has 0 atom stereocenters. The molecule has 1 amide bonds. The molecule has 5 heteroatoms. The minimum absolute atomic E-state index is 0.00146. The van der Waals surface area contributed by atoms with E-state index in [4.69, 9.17) is 4.74 Å². The molecule has 0 saturated carbocycles. The average Bonchev–Trinajstić information content (AvgIpc) is 3.06. The molecule has 1 aliphatic rings. The lowest BCUT2D eigenvalue weighted by atomic mass is 10.1. The van der Waals surface area contributed by atoms with Gasteiger partial charge in [-0.2, -0.15) is 0 Å². The van der Waals surface area contributed by atoms with Crippen LogP contribution in [0.25, 0.3) is 0 Å². The average molecular weight is 323 g/mol. The van der Waals surface area contributed by atoms with E-state index >= 15 is 0 Å². The highest BCUT2D eigenvalue weighted by Gasteiger charge is 2.27. The van der Waals surface area contributed by atoms with Crippen molar-refractivity contribution in [1.82, 2.24) is 0 Å². The number of hydrogen-bond acceptors (Lipinski definition) is 4. The van der Waals surface area contributed by atoms with E-state index in [2.05, 4.69) is 12.2 Å². The van der Waals surface area contributed by atoms with Crippen LogP contribution >= 0.6 is 11.3 Å². The summed E-state index contributed by atoms with van der Waals surface area (Å²) in [6, 6.07) is 0. The maximum absolute atomic E-state index is 12.1. The highest BCUT2D eigenvalue weighted by Crippen LogP contribution is 2.39. The van der Waals surface area contributed by atoms with Gasteiger partial charge in [-0.3, -0.25) is 4.79 Å². The molecule has 0 aliphatic heterocycles. The fourth-order valence-electron chi connectivity index (χ4n) is 2.89. The Kier molecular flexibility index (Phi) is 6.43. The molecule has 0 aromatic carbocycles. The third kappa shape index (κ3) is 4.09. The molecule has 0 fully saturated rings. The Bertz CT molecular complexity index is 536. The van der Waals surface area contributed by atoms with E-state index in [1.165, 1.54) is 42.6 Å². The number of unbranched alkanes of at least 4 members (excludes halogenated alkanes) is 4. The number of ether oxygens (including phenoxy) is 1. The van der Waals surface area contributed by atoms with Gasteiger partial charge in [-0.05, 0) is 31.2 Å². The Morgan fingerprint density at radius 2 is 1.95 bits per heavy atom. The molecule has 1 aromatic heterocycles. The van der Waals surface area contributed by atoms with Gasteiger partial charge < -0.3 is 10.1 Å². The van der Waals surface area contributed by atoms with E-state index in [0.717, 1.165) is 37.7 Å². The number of hydrogen-bond donors (Lipinski definition) is 1. The van der Waals surface area contributed by atoms with Crippen LogP contribution in [0, 0.1) is 0 Å². The van der Waals surface area contributed by atoms with Crippen LogP contribution in [0.4, 0.5) is 5.00 Å². The standard InChI is InChI=1S/C17H25NO3S/c1-3-4-5-6-7-11-14(19)18-16-15(17(20)21-2)12-9-8-10-13(12)22-16/h3-11H2,1-2H3,(H,18,19). The molecule has 0 bridgehead atoms. The highest BCUT2D eigenvalue weighted by molar-refractivity contribution is 7.17. The fourth-order valence-corrected chi connectivity index (χ4v) is 4.18. The van der Waals surface area contributed by atoms with Crippen LogP contribution in [0.3, 0.4) is 0 Å². The van der Waals surface area contributed by atoms with Crippen LogP contribution in [0.2, 0.25) is 0 Å². The summed E-state index contributed by atoms with van der Waals surface area (Å²) in [6.07, 6.45) is 9.12. The van der Waals surface area contributed by atoms with Gasteiger partial charge in [0.2, 0.25) is 5.91 Å². The van der Waals surface area contributed by atoms with Crippen molar-refractivity contribution < 1.29 is 14.3 Å². The van der Waals surface area contributed by atoms with Crippen LogP contribution < -0.4 is 5.32 Å². The van der Waals surface area contributed by atoms with Gasteiger partial charge in [0.1, 0.15) is 5.00 Å². The number of carbonyl (C=O) groups excluding carboxylic acids is 2. The minimum Gasteiger partial charge on any atom is -0.465 e. The normalized spacial score (nSPS) is 13.0. The van der Waals surface area contributed by atoms with Crippen molar-refractivity contribution in [3.63, 3.8) is 0 Å². The lowest BCUT2D eigenvalue weighted by Gasteiger charge is -2.07. The molecule has 1 aromatic rings. The first-order chi connectivity index (χ1) is 10.7. The number of nitrogens with one attached hydrogen (secondary N) is 1. The molecule has 0 saturated heterocycles. The van der Waals surface area contributed by atoms with Gasteiger partial charge in [0.25, 0.3) is 0 Å². The van der Waals surface area contributed by atoms with Crippen molar-refractivity contribution in [2.24, 2.45) is 0 Å². The van der Waals surface area contributed by atoms with Gasteiger partial charge in [-0.25, -0.2) is 4.79 Å². The van der Waals surface area contributed by atoms with Crippen molar-refractivity contribution in [2.75, 3.05) is 12.4 Å². The number of fused-ring (bicyclic) bond motifs is 1. The van der Waals surface area contributed by atoms with Crippen molar-refractivity contribution in [3.8, 4) is 0 Å². The summed E-state index contributed by atoms with van der Waals surface area (Å²) >= 11 is 1.54. The number of thiophene rings is 1. The van der Waals surface area contributed by atoms with E-state index in [-0.39, 0.29) is 11.9 Å². The third-order valence-corrected chi connectivity index (χ3v) is 5.28. The quantitative estimate of drug-likeness (QED) is 0.572. The Balaban J connectivity index is 1.95. The van der Waals surface area contributed by atoms with Crippen LogP contribution in [-0.4, -0.2) is 19.0 Å². The zero-order valence-corrected chi connectivity index (χ0v) is 14.3. The molecular weight excluding hydrogens is 298 g/mol. The van der Waals surface area contributed by atoms with Gasteiger partial charge in [0.15, 0.2) is 0 Å². The SMILES string of the molecule is CCCCCCCC(=O)Nc1sc2c(c1C(=O)OC)CCC2. The van der Waals surface area contributed by atoms with Gasteiger partial charge in [0.05, 0.1) is 12.7 Å². The van der Waals surface area contributed by atoms with E-state index < -0.39 is 0 Å². The second-order valence-electron chi connectivity index (χ2n) is 5.77. The summed E-state index contributed by atoms with van der Waals surface area (Å²) in [6.45, 7) is 2.18. The molecule has 0 spiro atoms. The zero-order chi connectivity index (χ0) is 15.9. The Labute approximate surface area is 136 Å². The fraction of sp³-hybridized carbons (Fsp3) is 0.647. The summed E-state index contributed by atoms with van der Waals surface area (Å²) in [5, 5.41) is 3.60. The molecular formula is C17H25NO3S. The smallest absolute Gasteiger partial charge is 0.341 e. The van der Waals surface area contributed by atoms with Gasteiger partial charge in [0, 0.05) is 11.3 Å². The molecule has 1 N–H and O–H groups in total. The monoisotopic (exact) mass is 323 g/mol. The van der Waals surface area contributed by atoms with Crippen molar-refractivity contribution in [2.45, 2.75) is 64.7 Å². The zero-order valence-electron chi connectivity index (χ0n) is 13.5. The summed E-state index contributed by atoms with van der Waals surface area (Å²) < 4.78 is 4.88. The Morgan fingerprint density at radius 1 is 1.18 bits per heavy atom. The molecule has 22 heavy (non-hydrogen) atoms. The number of esters is 1. The van der Waals surface area contributed by atoms with Gasteiger partial charge in [-0.15, -0.1) is 11.3 Å². The first kappa shape index (κ1) is 17.0. The molecule has 122 valence electrons. The summed E-state index contributed by atoms with van der Waals surface area (Å²) in [5.74, 6) is -0.334. The largest absolute Gasteiger partial charge is 0.465 e. The number of rotatable bonds is 8. The summed E-state index contributed by atoms with van der Waals surface area (Å²) in [4.78, 5) is 25.3. The maximum Gasteiger partial charge on any atom is 0.341 e. The number of aryl methyl sites for hydroxylation is 1. The second kappa shape index (κ2) is 8.32. The predicted octanol–water partition coefficient (Wildman–Crippen LogP) is 4.32. The second-order valence-corrected chi connectivity index (χ2v) is 6.87. The van der Waals surface area contributed by atoms with Crippen molar-refractivity contribution in [3.05, 3.63) is 16.0 Å². The van der Waals surface area contributed by atoms with Crippen molar-refractivity contribution >= 4 is 28.2 Å². The number of anilines is 1. The van der Waals surface area contributed by atoms with E-state index in [1.807, 2.05) is 0 Å². The maximum atomic E-state index is 12.1. The first-order valence-electron chi connectivity index (χ1n) is 8.20. The van der Waals surface area contributed by atoms with Gasteiger partial charge >= 0.3 is 5.97 Å². The van der Waals surface area contributed by atoms with E-state index in [1.54, 1.807) is 0 Å². The Morgan fingerprint density at radius 3 is 2.68 bits per heavy atom. The molecule has 0 unspecified atom stereocenters. The lowest BCUT2D eigenvalue weighted by molar-refractivity contribution is -0.116. The van der Waals surface area contributed by atoms with Crippen LogP contribution in [0.1, 0.15) is 72.7 Å². The van der Waals surface area contributed by atoms with E-state index in [0.29, 0.717) is 17.0 Å². The van der Waals surface area contributed by atoms with Gasteiger partial charge in [-0.1, -0.05) is 32.6 Å². The molecule has 0 radical (unpaired) electrons. The number of carbonyl (C=O) groups is 2. The van der Waals surface area contributed by atoms with Crippen LogP contribution in [-0.2, 0) is 22.4 Å². The molecule has 1 heterocycles. The molecule has 1 aliphatic carbocycles. The van der Waals surface area contributed by atoms with E-state index in [9.17, 15) is 9.59 Å². The third-order valence-electron chi connectivity index (χ3n) is 4.07. The molecule has 2 rings (SSSR count). The first-order valence-corrected chi connectivity index (χ1v) is 9.01. The molecule has 4 nitrogen and oxygen atoms in total. The lowest BCUT2D eigenvalue weighted by Crippen LogP contribution is -2.14.